The Morgan fingerprint density at radius 3 is 3.10 bits per heavy atom. The molecule has 2 aliphatic heterocycles. The van der Waals surface area contributed by atoms with Crippen molar-refractivity contribution in [2.24, 2.45) is 5.73 Å². The first-order valence-electron chi connectivity index (χ1n) is 7.91. The van der Waals surface area contributed by atoms with Crippen LogP contribution in [-0.2, 0) is 6.54 Å². The highest BCUT2D eigenvalue weighted by Gasteiger charge is 2.33. The summed E-state index contributed by atoms with van der Waals surface area (Å²) >= 11 is 0. The molecule has 0 aliphatic carbocycles. The number of piperazine rings is 1. The molecule has 0 saturated carbocycles. The Kier molecular flexibility index (Phi) is 4.22. The molecule has 5 nitrogen and oxygen atoms in total. The molecule has 2 aliphatic rings. The summed E-state index contributed by atoms with van der Waals surface area (Å²) in [6.07, 6.45) is 5.73. The van der Waals surface area contributed by atoms with Crippen molar-refractivity contribution in [3.8, 4) is 0 Å². The van der Waals surface area contributed by atoms with Crippen LogP contribution in [0, 0.1) is 5.41 Å². The fourth-order valence-corrected chi connectivity index (χ4v) is 3.66. The fraction of sp³-hybridized carbons (Fsp3) is 0.625. The summed E-state index contributed by atoms with van der Waals surface area (Å²) in [6, 6.07) is 5.22. The van der Waals surface area contributed by atoms with Crippen molar-refractivity contribution < 1.29 is 0 Å². The summed E-state index contributed by atoms with van der Waals surface area (Å²) in [7, 11) is 0. The van der Waals surface area contributed by atoms with Gasteiger partial charge in [-0.05, 0) is 37.9 Å². The lowest BCUT2D eigenvalue weighted by atomic mass is 9.96. The second-order valence-electron chi connectivity index (χ2n) is 6.35. The van der Waals surface area contributed by atoms with Gasteiger partial charge in [0.25, 0.3) is 0 Å². The Hall–Kier alpha value is -1.46. The minimum absolute atomic E-state index is 0.0644. The van der Waals surface area contributed by atoms with Crippen LogP contribution >= 0.6 is 0 Å². The molecular formula is C16H25N5. The Morgan fingerprint density at radius 2 is 2.29 bits per heavy atom. The van der Waals surface area contributed by atoms with Gasteiger partial charge in [-0.2, -0.15) is 0 Å². The summed E-state index contributed by atoms with van der Waals surface area (Å²) in [5, 5.41) is 7.68. The van der Waals surface area contributed by atoms with Gasteiger partial charge in [0.2, 0.25) is 0 Å². The standard InChI is InChI=1S/C16H25N5/c1-12-9-20-8-3-2-6-14(20)11-21(12)10-13-5-4-7-19-15(13)16(17)18/h4-5,7,12,14H,2-3,6,8-11H2,1H3,(H3,17,18). The minimum Gasteiger partial charge on any atom is -0.382 e. The molecule has 2 saturated heterocycles. The summed E-state index contributed by atoms with van der Waals surface area (Å²) in [6.45, 7) is 6.67. The van der Waals surface area contributed by atoms with Gasteiger partial charge in [-0.15, -0.1) is 0 Å². The van der Waals surface area contributed by atoms with Gasteiger partial charge in [0.15, 0.2) is 0 Å². The first kappa shape index (κ1) is 14.5. The number of nitrogen functional groups attached to an aromatic ring is 1. The molecule has 2 unspecified atom stereocenters. The highest BCUT2D eigenvalue weighted by atomic mass is 15.3. The summed E-state index contributed by atoms with van der Waals surface area (Å²) in [5.74, 6) is 0.0644. The number of aromatic nitrogens is 1. The zero-order chi connectivity index (χ0) is 14.8. The summed E-state index contributed by atoms with van der Waals surface area (Å²) in [4.78, 5) is 9.44. The number of nitrogens with two attached hydrogens (primary N) is 1. The number of hydrogen-bond donors (Lipinski definition) is 2. The highest BCUT2D eigenvalue weighted by molar-refractivity contribution is 5.94. The summed E-state index contributed by atoms with van der Waals surface area (Å²) < 4.78 is 0. The molecule has 2 fully saturated rings. The number of amidine groups is 1. The maximum atomic E-state index is 7.68. The molecule has 0 radical (unpaired) electrons. The quantitative estimate of drug-likeness (QED) is 0.652. The van der Waals surface area contributed by atoms with E-state index in [1.807, 2.05) is 12.1 Å². The monoisotopic (exact) mass is 287 g/mol. The van der Waals surface area contributed by atoms with Gasteiger partial charge >= 0.3 is 0 Å². The van der Waals surface area contributed by atoms with Gasteiger partial charge in [0, 0.05) is 37.9 Å². The van der Waals surface area contributed by atoms with Crippen LogP contribution in [0.4, 0.5) is 0 Å². The predicted octanol–water partition coefficient (Wildman–Crippen LogP) is 1.42. The Bertz CT molecular complexity index is 515. The molecule has 1 aromatic rings. The van der Waals surface area contributed by atoms with Crippen LogP contribution in [0.15, 0.2) is 18.3 Å². The number of hydrogen-bond acceptors (Lipinski definition) is 4. The maximum Gasteiger partial charge on any atom is 0.142 e. The van der Waals surface area contributed by atoms with Crippen LogP contribution in [0.5, 0.6) is 0 Å². The number of rotatable bonds is 3. The van der Waals surface area contributed by atoms with Crippen molar-refractivity contribution in [2.45, 2.75) is 44.8 Å². The lowest BCUT2D eigenvalue weighted by Crippen LogP contribution is -2.58. The second-order valence-corrected chi connectivity index (χ2v) is 6.35. The van der Waals surface area contributed by atoms with Crippen molar-refractivity contribution in [2.75, 3.05) is 19.6 Å². The van der Waals surface area contributed by atoms with E-state index in [4.69, 9.17) is 11.1 Å². The molecule has 114 valence electrons. The number of piperidine rings is 1. The largest absolute Gasteiger partial charge is 0.382 e. The molecule has 5 heteroatoms. The molecule has 3 heterocycles. The van der Waals surface area contributed by atoms with E-state index in [2.05, 4.69) is 21.7 Å². The lowest BCUT2D eigenvalue weighted by molar-refractivity contribution is 0.0110. The van der Waals surface area contributed by atoms with Crippen LogP contribution in [0.1, 0.15) is 37.4 Å². The van der Waals surface area contributed by atoms with E-state index in [1.165, 1.54) is 25.8 Å². The molecule has 3 N–H and O–H groups in total. The van der Waals surface area contributed by atoms with Crippen LogP contribution < -0.4 is 5.73 Å². The maximum absolute atomic E-state index is 7.68. The average molecular weight is 287 g/mol. The SMILES string of the molecule is CC1CN2CCCCC2CN1Cc1cccnc1C(=N)N. The van der Waals surface area contributed by atoms with Crippen LogP contribution in [-0.4, -0.2) is 52.3 Å². The van der Waals surface area contributed by atoms with E-state index in [1.54, 1.807) is 6.20 Å². The number of pyridine rings is 1. The van der Waals surface area contributed by atoms with Crippen molar-refractivity contribution in [3.63, 3.8) is 0 Å². The van der Waals surface area contributed by atoms with Crippen molar-refractivity contribution in [3.05, 3.63) is 29.6 Å². The molecule has 0 aromatic carbocycles. The first-order chi connectivity index (χ1) is 10.1. The molecule has 0 bridgehead atoms. The first-order valence-corrected chi connectivity index (χ1v) is 7.91. The zero-order valence-corrected chi connectivity index (χ0v) is 12.8. The van der Waals surface area contributed by atoms with E-state index in [0.29, 0.717) is 17.8 Å². The van der Waals surface area contributed by atoms with E-state index >= 15 is 0 Å². The lowest BCUT2D eigenvalue weighted by Gasteiger charge is -2.47. The van der Waals surface area contributed by atoms with Crippen molar-refractivity contribution in [1.82, 2.24) is 14.8 Å². The number of fused-ring (bicyclic) bond motifs is 1. The third-order valence-corrected chi connectivity index (χ3v) is 4.84. The summed E-state index contributed by atoms with van der Waals surface area (Å²) in [5.41, 5.74) is 7.36. The third-order valence-electron chi connectivity index (χ3n) is 4.84. The molecule has 21 heavy (non-hydrogen) atoms. The minimum atomic E-state index is 0.0644. The van der Waals surface area contributed by atoms with Gasteiger partial charge in [-0.25, -0.2) is 0 Å². The van der Waals surface area contributed by atoms with E-state index in [0.717, 1.165) is 25.2 Å². The molecule has 1 aromatic heterocycles. The average Bonchev–Trinajstić information content (AvgIpc) is 2.48. The van der Waals surface area contributed by atoms with Gasteiger partial charge < -0.3 is 5.73 Å². The Morgan fingerprint density at radius 1 is 1.43 bits per heavy atom. The molecular weight excluding hydrogens is 262 g/mol. The van der Waals surface area contributed by atoms with Gasteiger partial charge in [0.05, 0.1) is 0 Å². The second kappa shape index (κ2) is 6.12. The molecule has 2 atom stereocenters. The third kappa shape index (κ3) is 3.09. The molecule has 0 spiro atoms. The molecule has 0 amide bonds. The zero-order valence-electron chi connectivity index (χ0n) is 12.8. The van der Waals surface area contributed by atoms with E-state index in [9.17, 15) is 0 Å². The topological polar surface area (TPSA) is 69.2 Å². The number of nitrogens with zero attached hydrogens (tertiary/aromatic N) is 3. The highest BCUT2D eigenvalue weighted by Crippen LogP contribution is 2.25. The Balaban J connectivity index is 1.74. The fourth-order valence-electron chi connectivity index (χ4n) is 3.66. The van der Waals surface area contributed by atoms with Crippen molar-refractivity contribution in [1.29, 1.82) is 5.41 Å². The van der Waals surface area contributed by atoms with Crippen LogP contribution in [0.25, 0.3) is 0 Å². The smallest absolute Gasteiger partial charge is 0.142 e. The van der Waals surface area contributed by atoms with Gasteiger partial charge in [-0.1, -0.05) is 12.5 Å². The van der Waals surface area contributed by atoms with E-state index < -0.39 is 0 Å². The predicted molar refractivity (Wildman–Crippen MR) is 84.3 cm³/mol. The van der Waals surface area contributed by atoms with Gasteiger partial charge in [0.1, 0.15) is 11.5 Å². The van der Waals surface area contributed by atoms with Crippen molar-refractivity contribution >= 4 is 5.84 Å². The molecule has 3 rings (SSSR count). The van der Waals surface area contributed by atoms with Crippen LogP contribution in [0.3, 0.4) is 0 Å². The Labute approximate surface area is 126 Å². The number of nitrogens with one attached hydrogen (secondary N) is 1. The normalized spacial score (nSPS) is 27.3. The van der Waals surface area contributed by atoms with Crippen LogP contribution in [0.2, 0.25) is 0 Å². The van der Waals surface area contributed by atoms with E-state index in [-0.39, 0.29) is 5.84 Å². The van der Waals surface area contributed by atoms with Gasteiger partial charge in [-0.3, -0.25) is 20.2 Å².